The number of hydrogen-bond acceptors (Lipinski definition) is 13. The number of rotatable bonds is 4. The molecule has 2 aromatic carbocycles. The van der Waals surface area contributed by atoms with Gasteiger partial charge in [0.15, 0.2) is 29.1 Å². The minimum Gasteiger partial charge on any atom is -0.508 e. The molecular formula is C21H18O14. The second kappa shape index (κ2) is 8.52. The molecule has 3 aromatic rings. The van der Waals surface area contributed by atoms with Gasteiger partial charge in [0, 0.05) is 17.7 Å². The average Bonchev–Trinajstić information content (AvgIpc) is 2.79. The van der Waals surface area contributed by atoms with E-state index >= 15 is 0 Å². The lowest BCUT2D eigenvalue weighted by Crippen LogP contribution is -2.61. The van der Waals surface area contributed by atoms with Crippen molar-refractivity contribution in [1.82, 2.24) is 0 Å². The van der Waals surface area contributed by atoms with Crippen LogP contribution < -0.4 is 10.2 Å². The topological polar surface area (TPSA) is 248 Å². The maximum Gasteiger partial charge on any atom is 0.335 e. The van der Waals surface area contributed by atoms with Gasteiger partial charge in [0.05, 0.1) is 0 Å². The fourth-order valence-electron chi connectivity index (χ4n) is 3.56. The predicted molar refractivity (Wildman–Crippen MR) is 111 cm³/mol. The second-order valence-electron chi connectivity index (χ2n) is 7.64. The number of phenols is 4. The lowest BCUT2D eigenvalue weighted by atomic mass is 9.99. The third kappa shape index (κ3) is 4.00. The van der Waals surface area contributed by atoms with Gasteiger partial charge in [-0.1, -0.05) is 0 Å². The Bertz CT molecular complexity index is 1360. The summed E-state index contributed by atoms with van der Waals surface area (Å²) in [5.74, 6) is -6.83. The molecule has 1 aliphatic heterocycles. The molecule has 0 radical (unpaired) electrons. The van der Waals surface area contributed by atoms with E-state index in [1.165, 1.54) is 0 Å². The molecule has 0 unspecified atom stereocenters. The van der Waals surface area contributed by atoms with Gasteiger partial charge in [-0.3, -0.25) is 4.79 Å². The average molecular weight is 494 g/mol. The number of aliphatic hydroxyl groups excluding tert-OH is 3. The molecular weight excluding hydrogens is 476 g/mol. The molecule has 0 spiro atoms. The smallest absolute Gasteiger partial charge is 0.335 e. The van der Waals surface area contributed by atoms with E-state index in [9.17, 15) is 50.4 Å². The molecule has 4 rings (SSSR count). The van der Waals surface area contributed by atoms with Crippen molar-refractivity contribution < 1.29 is 64.6 Å². The summed E-state index contributed by atoms with van der Waals surface area (Å²) in [4.78, 5) is 24.3. The van der Waals surface area contributed by atoms with Crippen LogP contribution in [0.1, 0.15) is 0 Å². The fourth-order valence-corrected chi connectivity index (χ4v) is 3.56. The molecule has 9 N–H and O–H groups in total. The highest BCUT2D eigenvalue weighted by Gasteiger charge is 2.48. The molecule has 186 valence electrons. The predicted octanol–water partition coefficient (Wildman–Crippen LogP) is -0.741. The Morgan fingerprint density at radius 2 is 1.49 bits per heavy atom. The Morgan fingerprint density at radius 3 is 2.09 bits per heavy atom. The number of aromatic hydroxyl groups is 5. The Morgan fingerprint density at radius 1 is 0.857 bits per heavy atom. The first kappa shape index (κ1) is 23.9. The maximum atomic E-state index is 13.0. The SMILES string of the molecule is O=C(O)[C@H]1O[C@@H](Oc2cc(O)cc3oc(-c4cc(O)c(O)c(O)c4)c(O)c(=O)c23)[C@H](O)[C@@H](O)[C@@H]1O. The van der Waals surface area contributed by atoms with Gasteiger partial charge in [-0.2, -0.15) is 0 Å². The summed E-state index contributed by atoms with van der Waals surface area (Å²) in [6, 6.07) is 3.57. The van der Waals surface area contributed by atoms with Crippen molar-refractivity contribution in [2.45, 2.75) is 30.7 Å². The van der Waals surface area contributed by atoms with E-state index in [1.54, 1.807) is 0 Å². The van der Waals surface area contributed by atoms with Crippen molar-refractivity contribution in [3.05, 3.63) is 34.5 Å². The zero-order valence-corrected chi connectivity index (χ0v) is 17.3. The van der Waals surface area contributed by atoms with Crippen LogP contribution in [-0.2, 0) is 9.53 Å². The van der Waals surface area contributed by atoms with Crippen molar-refractivity contribution >= 4 is 16.9 Å². The number of benzene rings is 2. The first-order valence-electron chi connectivity index (χ1n) is 9.78. The quantitative estimate of drug-likeness (QED) is 0.203. The first-order chi connectivity index (χ1) is 16.4. The Labute approximate surface area is 193 Å². The zero-order chi connectivity index (χ0) is 25.8. The summed E-state index contributed by atoms with van der Waals surface area (Å²) in [6.45, 7) is 0. The summed E-state index contributed by atoms with van der Waals surface area (Å²) in [5, 5.41) is 88.1. The van der Waals surface area contributed by atoms with Gasteiger partial charge in [0.25, 0.3) is 0 Å². The Balaban J connectivity index is 1.83. The number of carboxylic acids is 1. The number of carboxylic acid groups (broad SMARTS) is 1. The normalized spacial score (nSPS) is 24.4. The van der Waals surface area contributed by atoms with E-state index in [0.717, 1.165) is 24.3 Å². The molecule has 14 nitrogen and oxygen atoms in total. The molecule has 14 heteroatoms. The highest BCUT2D eigenvalue weighted by molar-refractivity contribution is 5.88. The van der Waals surface area contributed by atoms with Gasteiger partial charge in [0.2, 0.25) is 17.5 Å². The number of fused-ring (bicyclic) bond motifs is 1. The van der Waals surface area contributed by atoms with E-state index in [1.807, 2.05) is 0 Å². The number of phenolic OH excluding ortho intramolecular Hbond substituents is 4. The van der Waals surface area contributed by atoms with Crippen LogP contribution in [0.25, 0.3) is 22.3 Å². The van der Waals surface area contributed by atoms with Gasteiger partial charge in [-0.05, 0) is 12.1 Å². The molecule has 0 aliphatic carbocycles. The van der Waals surface area contributed by atoms with Gasteiger partial charge < -0.3 is 59.8 Å². The van der Waals surface area contributed by atoms with Gasteiger partial charge in [0.1, 0.15) is 40.8 Å². The summed E-state index contributed by atoms with van der Waals surface area (Å²) >= 11 is 0. The van der Waals surface area contributed by atoms with Crippen molar-refractivity contribution in [1.29, 1.82) is 0 Å². The van der Waals surface area contributed by atoms with Gasteiger partial charge >= 0.3 is 5.97 Å². The standard InChI is InChI=1S/C21H18O14/c22-6-3-9-11(10(4-6)34-21-17(30)14(27)16(29)19(35-21)20(31)32)13(26)15(28)18(33-9)5-1-7(23)12(25)8(24)2-5/h1-4,14,16-17,19,21-25,27-30H,(H,31,32)/t14-,16-,17+,19-,21+/m0/s1. The summed E-state index contributed by atoms with van der Waals surface area (Å²) in [7, 11) is 0. The van der Waals surface area contributed by atoms with E-state index in [0.29, 0.717) is 0 Å². The van der Waals surface area contributed by atoms with Crippen LogP contribution in [0.15, 0.2) is 33.5 Å². The zero-order valence-electron chi connectivity index (χ0n) is 17.3. The van der Waals surface area contributed by atoms with Crippen molar-refractivity contribution in [2.24, 2.45) is 0 Å². The summed E-state index contributed by atoms with van der Waals surface area (Å²) in [6.07, 6.45) is -9.94. The van der Waals surface area contributed by atoms with Crippen LogP contribution in [0.5, 0.6) is 34.5 Å². The minimum atomic E-state index is -2.01. The van der Waals surface area contributed by atoms with Crippen LogP contribution in [-0.4, -0.2) is 82.6 Å². The molecule has 1 aromatic heterocycles. The fraction of sp³-hybridized carbons (Fsp3) is 0.238. The lowest BCUT2D eigenvalue weighted by Gasteiger charge is -2.38. The molecule has 2 heterocycles. The Hall–Kier alpha value is -4.24. The van der Waals surface area contributed by atoms with Crippen molar-refractivity contribution in [2.75, 3.05) is 0 Å². The number of aliphatic hydroxyl groups is 3. The van der Waals surface area contributed by atoms with E-state index in [2.05, 4.69) is 0 Å². The molecule has 35 heavy (non-hydrogen) atoms. The third-order valence-electron chi connectivity index (χ3n) is 5.31. The van der Waals surface area contributed by atoms with Crippen LogP contribution in [0, 0.1) is 0 Å². The van der Waals surface area contributed by atoms with Crippen LogP contribution in [0.3, 0.4) is 0 Å². The summed E-state index contributed by atoms with van der Waals surface area (Å²) in [5.41, 5.74) is -1.78. The van der Waals surface area contributed by atoms with Crippen molar-refractivity contribution in [3.8, 4) is 45.8 Å². The molecule has 1 aliphatic rings. The van der Waals surface area contributed by atoms with E-state index in [4.69, 9.17) is 19.0 Å². The van der Waals surface area contributed by atoms with Gasteiger partial charge in [-0.25, -0.2) is 4.79 Å². The highest BCUT2D eigenvalue weighted by Crippen LogP contribution is 2.42. The molecule has 0 amide bonds. The Kier molecular flexibility index (Phi) is 5.82. The lowest BCUT2D eigenvalue weighted by molar-refractivity contribution is -0.270. The monoisotopic (exact) mass is 494 g/mol. The molecule has 0 saturated carbocycles. The van der Waals surface area contributed by atoms with Crippen LogP contribution in [0.4, 0.5) is 0 Å². The number of aliphatic carboxylic acids is 1. The van der Waals surface area contributed by atoms with E-state index in [-0.39, 0.29) is 5.56 Å². The summed E-state index contributed by atoms with van der Waals surface area (Å²) < 4.78 is 15.8. The molecule has 0 bridgehead atoms. The second-order valence-corrected chi connectivity index (χ2v) is 7.64. The van der Waals surface area contributed by atoms with Gasteiger partial charge in [-0.15, -0.1) is 0 Å². The van der Waals surface area contributed by atoms with Crippen molar-refractivity contribution in [3.63, 3.8) is 0 Å². The minimum absolute atomic E-state index is 0.229. The number of hydrogen-bond donors (Lipinski definition) is 9. The van der Waals surface area contributed by atoms with Crippen LogP contribution >= 0.6 is 0 Å². The number of carbonyl (C=O) groups is 1. The highest BCUT2D eigenvalue weighted by atomic mass is 16.7. The maximum absolute atomic E-state index is 13.0. The molecule has 5 atom stereocenters. The largest absolute Gasteiger partial charge is 0.508 e. The number of ether oxygens (including phenoxy) is 2. The van der Waals surface area contributed by atoms with Crippen LogP contribution in [0.2, 0.25) is 0 Å². The molecule has 1 fully saturated rings. The molecule has 1 saturated heterocycles. The van der Waals surface area contributed by atoms with E-state index < -0.39 is 93.3 Å². The first-order valence-corrected chi connectivity index (χ1v) is 9.78. The third-order valence-corrected chi connectivity index (χ3v) is 5.31.